The van der Waals surface area contributed by atoms with Gasteiger partial charge in [0.2, 0.25) is 0 Å². The zero-order chi connectivity index (χ0) is 25.2. The maximum absolute atomic E-state index is 13.2. The molecule has 0 fully saturated rings. The molecule has 4 N–H and O–H groups in total. The molecule has 3 heterocycles. The minimum absolute atomic E-state index is 0.0439. The highest BCUT2D eigenvalue weighted by atomic mass is 16.3. The number of benzene rings is 2. The monoisotopic (exact) mass is 481 g/mol. The Hall–Kier alpha value is -4.99. The number of hydrogen-bond donors (Lipinski definition) is 4. The third-order valence-electron chi connectivity index (χ3n) is 5.74. The summed E-state index contributed by atoms with van der Waals surface area (Å²) in [5, 5.41) is 24.7. The van der Waals surface area contributed by atoms with Crippen molar-refractivity contribution in [1.82, 2.24) is 25.0 Å². The number of ketones is 1. The second-order valence-electron chi connectivity index (χ2n) is 8.20. The number of carbonyl (C=O) groups is 2. The molecule has 0 bridgehead atoms. The summed E-state index contributed by atoms with van der Waals surface area (Å²) in [4.78, 5) is 33.0. The number of amides is 1. The summed E-state index contributed by atoms with van der Waals surface area (Å²) in [6.07, 6.45) is 3.09. The second-order valence-corrected chi connectivity index (χ2v) is 8.20. The number of aliphatic imine (C=N–C) groups is 1. The smallest absolute Gasteiger partial charge is 0.273 e. The van der Waals surface area contributed by atoms with Crippen molar-refractivity contribution in [2.75, 3.05) is 5.32 Å². The van der Waals surface area contributed by atoms with Gasteiger partial charge in [-0.1, -0.05) is 0 Å². The normalized spacial score (nSPS) is 11.4. The van der Waals surface area contributed by atoms with Gasteiger partial charge in [0.05, 0.1) is 17.5 Å². The van der Waals surface area contributed by atoms with Crippen molar-refractivity contribution in [2.24, 2.45) is 4.99 Å². The average molecular weight is 482 g/mol. The molecule has 5 aromatic rings. The van der Waals surface area contributed by atoms with Crippen LogP contribution in [0.1, 0.15) is 44.6 Å². The molecular formula is C26H23N7O3. The summed E-state index contributed by atoms with van der Waals surface area (Å²) in [7, 11) is 0. The van der Waals surface area contributed by atoms with Gasteiger partial charge < -0.3 is 15.4 Å². The molecule has 1 amide bonds. The highest BCUT2D eigenvalue weighted by molar-refractivity contribution is 6.12. The van der Waals surface area contributed by atoms with Crippen molar-refractivity contribution in [3.63, 3.8) is 0 Å². The molecule has 0 aliphatic heterocycles. The largest absolute Gasteiger partial charge is 0.494 e. The molecule has 10 nitrogen and oxygen atoms in total. The Balaban J connectivity index is 1.36. The number of nitrogens with one attached hydrogen (secondary N) is 3. The van der Waals surface area contributed by atoms with E-state index in [1.807, 2.05) is 13.8 Å². The van der Waals surface area contributed by atoms with Gasteiger partial charge >= 0.3 is 0 Å². The van der Waals surface area contributed by atoms with Crippen molar-refractivity contribution >= 4 is 40.3 Å². The Labute approximate surface area is 205 Å². The van der Waals surface area contributed by atoms with Crippen LogP contribution in [0.2, 0.25) is 0 Å². The molecule has 3 aromatic heterocycles. The van der Waals surface area contributed by atoms with Gasteiger partial charge in [-0.3, -0.25) is 19.4 Å². The Morgan fingerprint density at radius 3 is 2.61 bits per heavy atom. The van der Waals surface area contributed by atoms with Gasteiger partial charge in [-0.05, 0) is 62.4 Å². The van der Waals surface area contributed by atoms with E-state index in [4.69, 9.17) is 0 Å². The number of aryl methyl sites for hydroxylation is 2. The van der Waals surface area contributed by atoms with E-state index >= 15 is 0 Å². The van der Waals surface area contributed by atoms with E-state index in [2.05, 4.69) is 30.6 Å². The number of aromatic hydroxyl groups is 1. The molecular weight excluding hydrogens is 458 g/mol. The first-order valence-electron chi connectivity index (χ1n) is 11.3. The average Bonchev–Trinajstić information content (AvgIpc) is 3.61. The number of fused-ring (bicyclic) bond motifs is 1. The summed E-state index contributed by atoms with van der Waals surface area (Å²) in [5.74, 6) is 0.0418. The summed E-state index contributed by atoms with van der Waals surface area (Å²) in [5.41, 5.74) is 3.88. The molecule has 180 valence electrons. The lowest BCUT2D eigenvalue weighted by molar-refractivity contribution is 0.101. The maximum atomic E-state index is 13.2. The second kappa shape index (κ2) is 9.34. The lowest BCUT2D eigenvalue weighted by Crippen LogP contribution is -2.17. The molecule has 10 heteroatoms. The first-order valence-corrected chi connectivity index (χ1v) is 11.3. The van der Waals surface area contributed by atoms with E-state index in [0.29, 0.717) is 51.3 Å². The van der Waals surface area contributed by atoms with E-state index in [1.165, 1.54) is 6.21 Å². The zero-order valence-corrected chi connectivity index (χ0v) is 19.6. The Bertz CT molecular complexity index is 1590. The van der Waals surface area contributed by atoms with Gasteiger partial charge in [-0.25, -0.2) is 4.99 Å². The standard InChI is InChI=1S/C26H23N7O3/c1-3-33-22(12-15(2)32-33)26(36)29-18-7-4-16(5-8-18)24(34)17-6-9-21-19(13-17)20(25(35)30-21)14-27-23-10-11-28-31-23/h4-14,30,35H,3H2,1-2H3,(H,28,31)(H,29,36)/b27-14+. The van der Waals surface area contributed by atoms with Crippen molar-refractivity contribution in [3.8, 4) is 5.88 Å². The van der Waals surface area contributed by atoms with Crippen LogP contribution in [-0.4, -0.2) is 48.0 Å². The van der Waals surface area contributed by atoms with E-state index in [9.17, 15) is 14.7 Å². The fourth-order valence-corrected chi connectivity index (χ4v) is 3.96. The van der Waals surface area contributed by atoms with Crippen LogP contribution in [0.15, 0.2) is 65.8 Å². The van der Waals surface area contributed by atoms with Gasteiger partial charge in [0, 0.05) is 46.5 Å². The molecule has 0 aliphatic carbocycles. The van der Waals surface area contributed by atoms with E-state index in [0.717, 1.165) is 5.69 Å². The zero-order valence-electron chi connectivity index (χ0n) is 19.6. The molecule has 0 radical (unpaired) electrons. The van der Waals surface area contributed by atoms with Gasteiger partial charge in [-0.15, -0.1) is 0 Å². The summed E-state index contributed by atoms with van der Waals surface area (Å²) in [6.45, 7) is 4.35. The number of aromatic amines is 2. The predicted molar refractivity (Wildman–Crippen MR) is 136 cm³/mol. The molecule has 36 heavy (non-hydrogen) atoms. The number of hydrogen-bond acceptors (Lipinski definition) is 6. The van der Waals surface area contributed by atoms with Crippen molar-refractivity contribution in [2.45, 2.75) is 20.4 Å². The molecule has 0 atom stereocenters. The van der Waals surface area contributed by atoms with Crippen LogP contribution in [0.4, 0.5) is 11.5 Å². The first kappa shape index (κ1) is 22.8. The molecule has 5 rings (SSSR count). The van der Waals surface area contributed by atoms with E-state index in [-0.39, 0.29) is 17.6 Å². The molecule has 2 aromatic carbocycles. The quantitative estimate of drug-likeness (QED) is 0.202. The van der Waals surface area contributed by atoms with Crippen molar-refractivity contribution in [3.05, 3.63) is 88.9 Å². The highest BCUT2D eigenvalue weighted by Crippen LogP contribution is 2.28. The van der Waals surface area contributed by atoms with Gasteiger partial charge in [0.1, 0.15) is 11.5 Å². The van der Waals surface area contributed by atoms with Crippen LogP contribution in [0.5, 0.6) is 5.88 Å². The number of H-pyrrole nitrogens is 2. The van der Waals surface area contributed by atoms with Gasteiger partial charge in [0.25, 0.3) is 5.91 Å². The van der Waals surface area contributed by atoms with Crippen LogP contribution >= 0.6 is 0 Å². The Kier molecular flexibility index (Phi) is 5.91. The van der Waals surface area contributed by atoms with Crippen molar-refractivity contribution < 1.29 is 14.7 Å². The fraction of sp³-hybridized carbons (Fsp3) is 0.115. The van der Waals surface area contributed by atoms with Crippen LogP contribution in [-0.2, 0) is 6.54 Å². The van der Waals surface area contributed by atoms with E-state index in [1.54, 1.807) is 65.5 Å². The lowest BCUT2D eigenvalue weighted by Gasteiger charge is -2.08. The number of aromatic nitrogens is 5. The first-order chi connectivity index (χ1) is 17.4. The molecule has 0 spiro atoms. The number of anilines is 1. The van der Waals surface area contributed by atoms with Gasteiger partial charge in [0.15, 0.2) is 11.7 Å². The summed E-state index contributed by atoms with van der Waals surface area (Å²) in [6, 6.07) is 15.3. The molecule has 0 saturated heterocycles. The molecule has 0 unspecified atom stereocenters. The minimum Gasteiger partial charge on any atom is -0.494 e. The number of rotatable bonds is 7. The maximum Gasteiger partial charge on any atom is 0.273 e. The number of nitrogens with zero attached hydrogens (tertiary/aromatic N) is 4. The highest BCUT2D eigenvalue weighted by Gasteiger charge is 2.16. The van der Waals surface area contributed by atoms with Gasteiger partial charge in [-0.2, -0.15) is 10.2 Å². The molecule has 0 aliphatic rings. The Morgan fingerprint density at radius 2 is 1.89 bits per heavy atom. The summed E-state index contributed by atoms with van der Waals surface area (Å²) >= 11 is 0. The van der Waals surface area contributed by atoms with Crippen LogP contribution in [0, 0.1) is 6.92 Å². The van der Waals surface area contributed by atoms with Crippen LogP contribution < -0.4 is 5.32 Å². The fourth-order valence-electron chi connectivity index (χ4n) is 3.96. The minimum atomic E-state index is -0.265. The molecule has 0 saturated carbocycles. The summed E-state index contributed by atoms with van der Waals surface area (Å²) < 4.78 is 1.64. The third kappa shape index (κ3) is 4.39. The topological polar surface area (TPSA) is 141 Å². The SMILES string of the molecule is CCn1nc(C)cc1C(=O)Nc1ccc(C(=O)c2ccc3[nH]c(O)c(/C=N/c4ccn[nH]4)c3c2)cc1. The Morgan fingerprint density at radius 1 is 1.11 bits per heavy atom. The van der Waals surface area contributed by atoms with E-state index < -0.39 is 0 Å². The van der Waals surface area contributed by atoms with Crippen molar-refractivity contribution in [1.29, 1.82) is 0 Å². The number of carbonyl (C=O) groups excluding carboxylic acids is 2. The lowest BCUT2D eigenvalue weighted by atomic mass is 10.0. The third-order valence-corrected chi connectivity index (χ3v) is 5.74. The van der Waals surface area contributed by atoms with Crippen LogP contribution in [0.3, 0.4) is 0 Å². The van der Waals surface area contributed by atoms with Crippen LogP contribution in [0.25, 0.3) is 10.9 Å². The predicted octanol–water partition coefficient (Wildman–Crippen LogP) is 4.36.